The number of hydrogen-bond donors (Lipinski definition) is 2. The zero-order valence-electron chi connectivity index (χ0n) is 12.9. The molecule has 0 unspecified atom stereocenters. The van der Waals surface area contributed by atoms with E-state index in [1.807, 2.05) is 0 Å². The lowest BCUT2D eigenvalue weighted by atomic mass is 10.2. The van der Waals surface area contributed by atoms with E-state index in [0.717, 1.165) is 0 Å². The van der Waals surface area contributed by atoms with Gasteiger partial charge in [-0.1, -0.05) is 15.9 Å². The Bertz CT molecular complexity index is 747. The molecular weight excluding hydrogens is 367 g/mol. The smallest absolute Gasteiger partial charge is 0.361 e. The standard InChI is InChI=1S/C15H16BrFN4O2/c1-15(2,3)23-14(22)13-11(7-12(18)20-21-13)19-10-5-4-8(16)6-9(10)17/h4-7H,1-3H3,(H3,18,19,20). The molecule has 122 valence electrons. The Balaban J connectivity index is 2.37. The number of ether oxygens (including phenoxy) is 1. The molecule has 2 aromatic rings. The number of rotatable bonds is 3. The summed E-state index contributed by atoms with van der Waals surface area (Å²) in [7, 11) is 0. The van der Waals surface area contributed by atoms with Crippen LogP contribution in [0.4, 0.5) is 21.6 Å². The molecular formula is C15H16BrFN4O2. The predicted molar refractivity (Wildman–Crippen MR) is 89.0 cm³/mol. The second-order valence-electron chi connectivity index (χ2n) is 5.78. The number of carbonyl (C=O) groups is 1. The molecule has 0 spiro atoms. The van der Waals surface area contributed by atoms with Crippen molar-refractivity contribution in [3.05, 3.63) is 40.2 Å². The number of nitrogens with zero attached hydrogens (tertiary/aromatic N) is 2. The number of hydrogen-bond acceptors (Lipinski definition) is 6. The number of esters is 1. The number of aromatic nitrogens is 2. The van der Waals surface area contributed by atoms with Crippen LogP contribution in [0.5, 0.6) is 0 Å². The van der Waals surface area contributed by atoms with Crippen LogP contribution in [0.25, 0.3) is 0 Å². The van der Waals surface area contributed by atoms with Crippen molar-refractivity contribution in [3.8, 4) is 0 Å². The Morgan fingerprint density at radius 1 is 1.26 bits per heavy atom. The van der Waals surface area contributed by atoms with E-state index in [0.29, 0.717) is 4.47 Å². The Kier molecular flexibility index (Phi) is 4.84. The lowest BCUT2D eigenvalue weighted by molar-refractivity contribution is 0.00630. The largest absolute Gasteiger partial charge is 0.455 e. The van der Waals surface area contributed by atoms with E-state index in [4.69, 9.17) is 10.5 Å². The minimum absolute atomic E-state index is 0.0727. The first-order valence-corrected chi connectivity index (χ1v) is 7.53. The van der Waals surface area contributed by atoms with Crippen molar-refractivity contribution in [2.45, 2.75) is 26.4 Å². The van der Waals surface area contributed by atoms with Crippen LogP contribution in [0.1, 0.15) is 31.3 Å². The molecule has 0 aliphatic rings. The van der Waals surface area contributed by atoms with Crippen LogP contribution in [-0.4, -0.2) is 21.8 Å². The minimum Gasteiger partial charge on any atom is -0.455 e. The van der Waals surface area contributed by atoms with E-state index >= 15 is 0 Å². The lowest BCUT2D eigenvalue weighted by Gasteiger charge is -2.20. The number of nitrogen functional groups attached to an aromatic ring is 1. The molecule has 8 heteroatoms. The molecule has 0 fully saturated rings. The van der Waals surface area contributed by atoms with Gasteiger partial charge in [0.2, 0.25) is 0 Å². The normalized spacial score (nSPS) is 11.2. The van der Waals surface area contributed by atoms with Crippen molar-refractivity contribution in [1.82, 2.24) is 10.2 Å². The molecule has 2 rings (SSSR count). The van der Waals surface area contributed by atoms with Crippen molar-refractivity contribution in [2.75, 3.05) is 11.1 Å². The summed E-state index contributed by atoms with van der Waals surface area (Å²) < 4.78 is 19.8. The van der Waals surface area contributed by atoms with E-state index in [9.17, 15) is 9.18 Å². The third-order valence-electron chi connectivity index (χ3n) is 2.61. The molecule has 1 aromatic carbocycles. The summed E-state index contributed by atoms with van der Waals surface area (Å²) >= 11 is 3.18. The second-order valence-corrected chi connectivity index (χ2v) is 6.70. The molecule has 0 aliphatic carbocycles. The average Bonchev–Trinajstić information content (AvgIpc) is 2.40. The van der Waals surface area contributed by atoms with Crippen LogP contribution in [-0.2, 0) is 4.74 Å². The molecule has 0 saturated heterocycles. The van der Waals surface area contributed by atoms with Gasteiger partial charge in [-0.15, -0.1) is 10.2 Å². The Morgan fingerprint density at radius 2 is 1.96 bits per heavy atom. The van der Waals surface area contributed by atoms with E-state index in [1.54, 1.807) is 26.8 Å². The topological polar surface area (TPSA) is 90.1 Å². The Morgan fingerprint density at radius 3 is 2.57 bits per heavy atom. The van der Waals surface area contributed by atoms with Crippen molar-refractivity contribution < 1.29 is 13.9 Å². The number of carbonyl (C=O) groups excluding carboxylic acids is 1. The number of nitrogens with one attached hydrogen (secondary N) is 1. The highest BCUT2D eigenvalue weighted by Crippen LogP contribution is 2.26. The molecule has 3 N–H and O–H groups in total. The number of benzene rings is 1. The first kappa shape index (κ1) is 17.1. The zero-order valence-corrected chi connectivity index (χ0v) is 14.4. The predicted octanol–water partition coefficient (Wildman–Crippen LogP) is 3.66. The summed E-state index contributed by atoms with van der Waals surface area (Å²) in [6, 6.07) is 5.88. The molecule has 1 aromatic heterocycles. The molecule has 6 nitrogen and oxygen atoms in total. The summed E-state index contributed by atoms with van der Waals surface area (Å²) in [5, 5.41) is 10.2. The maximum Gasteiger partial charge on any atom is 0.361 e. The first-order valence-electron chi connectivity index (χ1n) is 6.74. The maximum atomic E-state index is 14.0. The van der Waals surface area contributed by atoms with Crippen LogP contribution < -0.4 is 11.1 Å². The van der Waals surface area contributed by atoms with Crippen molar-refractivity contribution in [1.29, 1.82) is 0 Å². The lowest BCUT2D eigenvalue weighted by Crippen LogP contribution is -2.25. The van der Waals surface area contributed by atoms with Gasteiger partial charge in [0.15, 0.2) is 5.69 Å². The number of anilines is 3. The van der Waals surface area contributed by atoms with E-state index < -0.39 is 17.4 Å². The van der Waals surface area contributed by atoms with Crippen molar-refractivity contribution in [3.63, 3.8) is 0 Å². The number of nitrogens with two attached hydrogens (primary N) is 1. The Hall–Kier alpha value is -2.22. The third kappa shape index (κ3) is 4.62. The van der Waals surface area contributed by atoms with Crippen LogP contribution in [0.15, 0.2) is 28.7 Å². The van der Waals surface area contributed by atoms with E-state index in [2.05, 4.69) is 31.4 Å². The molecule has 23 heavy (non-hydrogen) atoms. The highest BCUT2D eigenvalue weighted by molar-refractivity contribution is 9.10. The van der Waals surface area contributed by atoms with E-state index in [-0.39, 0.29) is 22.9 Å². The van der Waals surface area contributed by atoms with Gasteiger partial charge in [0.05, 0.1) is 11.4 Å². The average molecular weight is 383 g/mol. The molecule has 0 saturated carbocycles. The second kappa shape index (κ2) is 6.49. The van der Waals surface area contributed by atoms with Gasteiger partial charge < -0.3 is 15.8 Å². The van der Waals surface area contributed by atoms with Crippen LogP contribution >= 0.6 is 15.9 Å². The minimum atomic E-state index is -0.694. The summed E-state index contributed by atoms with van der Waals surface area (Å²) in [4.78, 5) is 12.2. The SMILES string of the molecule is CC(C)(C)OC(=O)c1nnc(N)cc1Nc1ccc(Br)cc1F. The molecule has 0 aliphatic heterocycles. The van der Waals surface area contributed by atoms with Gasteiger partial charge in [-0.3, -0.25) is 0 Å². The quantitative estimate of drug-likeness (QED) is 0.787. The van der Waals surface area contributed by atoms with Gasteiger partial charge >= 0.3 is 5.97 Å². The molecule has 0 atom stereocenters. The fourth-order valence-electron chi connectivity index (χ4n) is 1.72. The zero-order chi connectivity index (χ0) is 17.2. The summed E-state index contributed by atoms with van der Waals surface area (Å²) in [5.41, 5.74) is 5.22. The molecule has 0 amide bonds. The highest BCUT2D eigenvalue weighted by Gasteiger charge is 2.23. The van der Waals surface area contributed by atoms with Gasteiger partial charge in [-0.25, -0.2) is 9.18 Å². The summed E-state index contributed by atoms with van der Waals surface area (Å²) in [6.45, 7) is 5.20. The summed E-state index contributed by atoms with van der Waals surface area (Å²) in [5.74, 6) is -1.08. The van der Waals surface area contributed by atoms with Crippen LogP contribution in [0, 0.1) is 5.82 Å². The highest BCUT2D eigenvalue weighted by atomic mass is 79.9. The van der Waals surface area contributed by atoms with Crippen LogP contribution in [0.3, 0.4) is 0 Å². The van der Waals surface area contributed by atoms with Gasteiger partial charge in [0, 0.05) is 10.5 Å². The van der Waals surface area contributed by atoms with Gasteiger partial charge in [0.1, 0.15) is 17.2 Å². The van der Waals surface area contributed by atoms with E-state index in [1.165, 1.54) is 18.2 Å². The monoisotopic (exact) mass is 382 g/mol. The Labute approximate surface area is 141 Å². The number of halogens is 2. The third-order valence-corrected chi connectivity index (χ3v) is 3.10. The fourth-order valence-corrected chi connectivity index (χ4v) is 2.05. The maximum absolute atomic E-state index is 14.0. The molecule has 0 bridgehead atoms. The van der Waals surface area contributed by atoms with Crippen molar-refractivity contribution in [2.24, 2.45) is 0 Å². The van der Waals surface area contributed by atoms with Crippen LogP contribution in [0.2, 0.25) is 0 Å². The fraction of sp³-hybridized carbons (Fsp3) is 0.267. The van der Waals surface area contributed by atoms with Crippen molar-refractivity contribution >= 4 is 39.1 Å². The molecule has 0 radical (unpaired) electrons. The molecule has 1 heterocycles. The summed E-state index contributed by atoms with van der Waals surface area (Å²) in [6.07, 6.45) is 0. The van der Waals surface area contributed by atoms with Gasteiger partial charge in [0.25, 0.3) is 0 Å². The van der Waals surface area contributed by atoms with Gasteiger partial charge in [-0.05, 0) is 39.0 Å². The first-order chi connectivity index (χ1) is 10.7. The van der Waals surface area contributed by atoms with Gasteiger partial charge in [-0.2, -0.15) is 0 Å².